The quantitative estimate of drug-likeness (QED) is 0.719. The second-order valence-electron chi connectivity index (χ2n) is 5.26. The molecule has 0 fully saturated rings. The number of carbonyl (C=O) groups is 1. The lowest BCUT2D eigenvalue weighted by molar-refractivity contribution is -0.115. The highest BCUT2D eigenvalue weighted by Crippen LogP contribution is 2.19. The molecule has 1 amide bonds. The van der Waals surface area contributed by atoms with Gasteiger partial charge < -0.3 is 10.6 Å². The van der Waals surface area contributed by atoms with E-state index in [1.54, 1.807) is 42.5 Å². The highest BCUT2D eigenvalue weighted by Gasteiger charge is 2.09. The SMILES string of the molecule is O=C(Cc1ccccc1F)Nc1ccc(Nc2cccc(Cl)c2)nn1. The first-order chi connectivity index (χ1) is 12.1. The summed E-state index contributed by atoms with van der Waals surface area (Å²) in [7, 11) is 0. The van der Waals surface area contributed by atoms with Crippen molar-refractivity contribution < 1.29 is 9.18 Å². The molecule has 2 aromatic carbocycles. The molecule has 7 heteroatoms. The zero-order valence-corrected chi connectivity index (χ0v) is 13.8. The predicted molar refractivity (Wildman–Crippen MR) is 95.5 cm³/mol. The largest absolute Gasteiger partial charge is 0.339 e. The maximum absolute atomic E-state index is 13.6. The molecule has 0 aliphatic carbocycles. The molecule has 1 aromatic heterocycles. The van der Waals surface area contributed by atoms with Crippen molar-refractivity contribution in [3.05, 3.63) is 77.1 Å². The van der Waals surface area contributed by atoms with Gasteiger partial charge >= 0.3 is 0 Å². The molecule has 0 saturated heterocycles. The first kappa shape index (κ1) is 16.9. The molecule has 0 unspecified atom stereocenters. The molecule has 0 saturated carbocycles. The standard InChI is InChI=1S/C18H14ClFN4O/c19-13-5-3-6-14(11-13)21-16-8-9-17(24-23-16)22-18(25)10-12-4-1-2-7-15(12)20/h1-9,11H,10H2,(H,21,23)(H,22,24,25). The van der Waals surface area contributed by atoms with Crippen LogP contribution in [0.25, 0.3) is 0 Å². The van der Waals surface area contributed by atoms with Crippen LogP contribution in [0.3, 0.4) is 0 Å². The summed E-state index contributed by atoms with van der Waals surface area (Å²) in [5.74, 6) is 0.0205. The van der Waals surface area contributed by atoms with Crippen molar-refractivity contribution in [3.63, 3.8) is 0 Å². The van der Waals surface area contributed by atoms with Crippen molar-refractivity contribution >= 4 is 34.8 Å². The van der Waals surface area contributed by atoms with Crippen molar-refractivity contribution in [2.75, 3.05) is 10.6 Å². The third-order valence-corrected chi connectivity index (χ3v) is 3.57. The smallest absolute Gasteiger partial charge is 0.230 e. The number of hydrogen-bond acceptors (Lipinski definition) is 4. The van der Waals surface area contributed by atoms with E-state index in [-0.39, 0.29) is 18.1 Å². The summed E-state index contributed by atoms with van der Waals surface area (Å²) < 4.78 is 13.6. The minimum Gasteiger partial charge on any atom is -0.339 e. The van der Waals surface area contributed by atoms with Crippen LogP contribution in [0.15, 0.2) is 60.7 Å². The van der Waals surface area contributed by atoms with E-state index in [1.807, 2.05) is 12.1 Å². The van der Waals surface area contributed by atoms with Crippen molar-refractivity contribution in [1.29, 1.82) is 0 Å². The van der Waals surface area contributed by atoms with Gasteiger partial charge in [-0.2, -0.15) is 0 Å². The minimum atomic E-state index is -0.412. The number of nitrogens with one attached hydrogen (secondary N) is 2. The van der Waals surface area contributed by atoms with Crippen LogP contribution in [0, 0.1) is 5.82 Å². The van der Waals surface area contributed by atoms with Gasteiger partial charge in [-0.15, -0.1) is 10.2 Å². The van der Waals surface area contributed by atoms with E-state index in [0.29, 0.717) is 16.4 Å². The molecule has 1 heterocycles. The number of anilines is 3. The Kier molecular flexibility index (Phi) is 5.20. The van der Waals surface area contributed by atoms with Gasteiger partial charge in [0.1, 0.15) is 5.82 Å². The second kappa shape index (κ2) is 7.72. The number of rotatable bonds is 5. The Morgan fingerprint density at radius 2 is 1.76 bits per heavy atom. The summed E-state index contributed by atoms with van der Waals surface area (Å²) in [5.41, 5.74) is 1.10. The first-order valence-electron chi connectivity index (χ1n) is 7.50. The number of carbonyl (C=O) groups excluding carboxylic acids is 1. The van der Waals surface area contributed by atoms with E-state index in [1.165, 1.54) is 6.07 Å². The summed E-state index contributed by atoms with van der Waals surface area (Å²) >= 11 is 5.92. The Hall–Kier alpha value is -2.99. The minimum absolute atomic E-state index is 0.0726. The van der Waals surface area contributed by atoms with Gasteiger partial charge in [0, 0.05) is 10.7 Å². The van der Waals surface area contributed by atoms with E-state index >= 15 is 0 Å². The van der Waals surface area contributed by atoms with Crippen LogP contribution >= 0.6 is 11.6 Å². The zero-order valence-electron chi connectivity index (χ0n) is 13.0. The van der Waals surface area contributed by atoms with Crippen molar-refractivity contribution in [2.45, 2.75) is 6.42 Å². The molecule has 2 N–H and O–H groups in total. The molecule has 3 aromatic rings. The van der Waals surface area contributed by atoms with E-state index < -0.39 is 5.82 Å². The molecule has 0 radical (unpaired) electrons. The van der Waals surface area contributed by atoms with Crippen LogP contribution in [0.5, 0.6) is 0 Å². The average molecular weight is 357 g/mol. The van der Waals surface area contributed by atoms with Crippen LogP contribution in [-0.2, 0) is 11.2 Å². The third kappa shape index (κ3) is 4.74. The molecule has 0 spiro atoms. The summed E-state index contributed by atoms with van der Waals surface area (Å²) in [6, 6.07) is 16.6. The van der Waals surface area contributed by atoms with E-state index in [0.717, 1.165) is 5.69 Å². The number of nitrogens with zero attached hydrogens (tertiary/aromatic N) is 2. The lowest BCUT2D eigenvalue weighted by atomic mass is 10.1. The van der Waals surface area contributed by atoms with Gasteiger partial charge in [0.25, 0.3) is 0 Å². The molecular formula is C18H14ClFN4O. The molecule has 5 nitrogen and oxygen atoms in total. The highest BCUT2D eigenvalue weighted by atomic mass is 35.5. The number of hydrogen-bond donors (Lipinski definition) is 2. The third-order valence-electron chi connectivity index (χ3n) is 3.34. The molecule has 0 aliphatic rings. The maximum atomic E-state index is 13.6. The molecule has 0 aliphatic heterocycles. The molecule has 3 rings (SSSR count). The van der Waals surface area contributed by atoms with Crippen molar-refractivity contribution in [3.8, 4) is 0 Å². The van der Waals surface area contributed by atoms with Gasteiger partial charge in [-0.1, -0.05) is 35.9 Å². The van der Waals surface area contributed by atoms with Crippen LogP contribution < -0.4 is 10.6 Å². The van der Waals surface area contributed by atoms with E-state index in [9.17, 15) is 9.18 Å². The maximum Gasteiger partial charge on any atom is 0.230 e. The van der Waals surface area contributed by atoms with Crippen LogP contribution in [-0.4, -0.2) is 16.1 Å². The van der Waals surface area contributed by atoms with Crippen LogP contribution in [0.2, 0.25) is 5.02 Å². The van der Waals surface area contributed by atoms with E-state index in [4.69, 9.17) is 11.6 Å². The Bertz CT molecular complexity index is 886. The highest BCUT2D eigenvalue weighted by molar-refractivity contribution is 6.30. The fourth-order valence-electron chi connectivity index (χ4n) is 2.18. The van der Waals surface area contributed by atoms with Gasteiger partial charge in [-0.05, 0) is 42.0 Å². The molecule has 25 heavy (non-hydrogen) atoms. The molecule has 126 valence electrons. The Morgan fingerprint density at radius 1 is 1.00 bits per heavy atom. The van der Waals surface area contributed by atoms with Crippen molar-refractivity contribution in [1.82, 2.24) is 10.2 Å². The van der Waals surface area contributed by atoms with Crippen LogP contribution in [0.4, 0.5) is 21.7 Å². The Morgan fingerprint density at radius 3 is 2.48 bits per heavy atom. The van der Waals surface area contributed by atoms with Gasteiger partial charge in [-0.25, -0.2) is 4.39 Å². The summed E-state index contributed by atoms with van der Waals surface area (Å²) in [6.45, 7) is 0. The lowest BCUT2D eigenvalue weighted by Gasteiger charge is -2.07. The summed E-state index contributed by atoms with van der Waals surface area (Å²) in [4.78, 5) is 12.0. The Balaban J connectivity index is 1.60. The van der Waals surface area contributed by atoms with E-state index in [2.05, 4.69) is 20.8 Å². The predicted octanol–water partition coefficient (Wildman–Crippen LogP) is 4.19. The average Bonchev–Trinajstić information content (AvgIpc) is 2.59. The number of halogens is 2. The Labute approximate surface area is 148 Å². The summed E-state index contributed by atoms with van der Waals surface area (Å²) in [6.07, 6.45) is -0.0726. The topological polar surface area (TPSA) is 66.9 Å². The van der Waals surface area contributed by atoms with Gasteiger partial charge in [0.05, 0.1) is 6.42 Å². The molecule has 0 bridgehead atoms. The monoisotopic (exact) mass is 356 g/mol. The van der Waals surface area contributed by atoms with Gasteiger partial charge in [0.2, 0.25) is 5.91 Å². The number of aromatic nitrogens is 2. The lowest BCUT2D eigenvalue weighted by Crippen LogP contribution is -2.16. The summed E-state index contributed by atoms with van der Waals surface area (Å²) in [5, 5.41) is 14.2. The fourth-order valence-corrected chi connectivity index (χ4v) is 2.37. The van der Waals surface area contributed by atoms with Crippen molar-refractivity contribution in [2.24, 2.45) is 0 Å². The van der Waals surface area contributed by atoms with Gasteiger partial charge in [0.15, 0.2) is 11.6 Å². The number of amides is 1. The zero-order chi connectivity index (χ0) is 17.6. The normalized spacial score (nSPS) is 10.3. The molecule has 0 atom stereocenters. The fraction of sp³-hybridized carbons (Fsp3) is 0.0556. The van der Waals surface area contributed by atoms with Gasteiger partial charge in [-0.3, -0.25) is 4.79 Å². The first-order valence-corrected chi connectivity index (χ1v) is 7.87. The molecular weight excluding hydrogens is 343 g/mol. The number of benzene rings is 2. The van der Waals surface area contributed by atoms with Crippen LogP contribution in [0.1, 0.15) is 5.56 Å². The second-order valence-corrected chi connectivity index (χ2v) is 5.69.